The quantitative estimate of drug-likeness (QED) is 0.526. The molecule has 1 atom stereocenters. The molecule has 2 nitrogen and oxygen atoms in total. The molecule has 1 unspecified atom stereocenters. The predicted molar refractivity (Wildman–Crippen MR) is 37.1 cm³/mol. The largest absolute Gasteiger partial charge is 0.396 e. The SMILES string of the molecule is FC(F)(P)C(F)(F)n1ccnc1. The molecule has 0 radical (unpaired) electrons. The lowest BCUT2D eigenvalue weighted by Gasteiger charge is -2.23. The first kappa shape index (κ1) is 9.45. The first-order valence-corrected chi connectivity index (χ1v) is 3.46. The van der Waals surface area contributed by atoms with Crippen LogP contribution in [0.15, 0.2) is 18.7 Å². The van der Waals surface area contributed by atoms with Crippen molar-refractivity contribution in [2.75, 3.05) is 0 Å². The normalized spacial score (nSPS) is 13.4. The molecule has 1 rings (SSSR count). The summed E-state index contributed by atoms with van der Waals surface area (Å²) in [7, 11) is 0.795. The first-order valence-electron chi connectivity index (χ1n) is 2.88. The molecular formula is C5H5F4N2P. The number of nitrogens with zero attached hydrogens (tertiary/aromatic N) is 2. The third kappa shape index (κ3) is 1.43. The minimum absolute atomic E-state index is 0.0556. The number of rotatable bonds is 2. The molecule has 0 amide bonds. The minimum Gasteiger partial charge on any atom is -0.272 e. The van der Waals surface area contributed by atoms with Crippen LogP contribution in [-0.2, 0) is 6.05 Å². The van der Waals surface area contributed by atoms with Gasteiger partial charge in [-0.2, -0.15) is 17.6 Å². The van der Waals surface area contributed by atoms with Crippen molar-refractivity contribution in [1.29, 1.82) is 0 Å². The van der Waals surface area contributed by atoms with E-state index in [-0.39, 0.29) is 4.57 Å². The number of hydrogen-bond acceptors (Lipinski definition) is 1. The van der Waals surface area contributed by atoms with Crippen molar-refractivity contribution in [2.45, 2.75) is 11.7 Å². The Kier molecular flexibility index (Phi) is 2.12. The highest BCUT2D eigenvalue weighted by Crippen LogP contribution is 2.42. The zero-order valence-corrected chi connectivity index (χ0v) is 6.87. The van der Waals surface area contributed by atoms with E-state index in [9.17, 15) is 17.6 Å². The summed E-state index contributed by atoms with van der Waals surface area (Å²) in [6, 6.07) is -4.26. The minimum atomic E-state index is -4.26. The molecule has 0 aliphatic carbocycles. The van der Waals surface area contributed by atoms with Gasteiger partial charge in [0, 0.05) is 12.4 Å². The number of imidazole rings is 1. The summed E-state index contributed by atoms with van der Waals surface area (Å²) >= 11 is 0. The van der Waals surface area contributed by atoms with Gasteiger partial charge in [-0.25, -0.2) is 4.98 Å². The molecule has 12 heavy (non-hydrogen) atoms. The molecular weight excluding hydrogens is 195 g/mol. The lowest BCUT2D eigenvalue weighted by atomic mass is 10.5. The fourth-order valence-electron chi connectivity index (χ4n) is 0.597. The maximum atomic E-state index is 12.6. The molecule has 68 valence electrons. The van der Waals surface area contributed by atoms with Crippen LogP contribution in [0.2, 0.25) is 0 Å². The molecule has 0 saturated heterocycles. The Labute approximate surface area is 67.8 Å². The van der Waals surface area contributed by atoms with Gasteiger partial charge in [-0.3, -0.25) is 4.57 Å². The molecule has 0 aliphatic heterocycles. The molecule has 0 aromatic carbocycles. The summed E-state index contributed by atoms with van der Waals surface area (Å²) in [5, 5.41) is 0. The number of aromatic nitrogens is 2. The second-order valence-electron chi connectivity index (χ2n) is 2.13. The van der Waals surface area contributed by atoms with Gasteiger partial charge in [-0.05, 0) is 0 Å². The Balaban J connectivity index is 3.02. The summed E-state index contributed by atoms with van der Waals surface area (Å²) in [6.07, 6.45) is 2.42. The molecule has 0 aliphatic rings. The zero-order chi connectivity index (χ0) is 9.41. The molecule has 1 aromatic rings. The van der Waals surface area contributed by atoms with E-state index in [1.807, 2.05) is 0 Å². The highest BCUT2D eigenvalue weighted by Gasteiger charge is 2.54. The van der Waals surface area contributed by atoms with E-state index in [0.717, 1.165) is 21.6 Å². The monoisotopic (exact) mass is 200 g/mol. The highest BCUT2D eigenvalue weighted by molar-refractivity contribution is 7.18. The maximum Gasteiger partial charge on any atom is 0.396 e. The van der Waals surface area contributed by atoms with Gasteiger partial charge in [0.25, 0.3) is 0 Å². The van der Waals surface area contributed by atoms with Crippen LogP contribution in [0.3, 0.4) is 0 Å². The second kappa shape index (κ2) is 2.69. The highest BCUT2D eigenvalue weighted by atomic mass is 31.0. The molecule has 0 spiro atoms. The van der Waals surface area contributed by atoms with Crippen molar-refractivity contribution in [1.82, 2.24) is 9.55 Å². The average Bonchev–Trinajstić information content (AvgIpc) is 2.34. The van der Waals surface area contributed by atoms with E-state index in [4.69, 9.17) is 0 Å². The van der Waals surface area contributed by atoms with E-state index in [1.165, 1.54) is 0 Å². The summed E-state index contributed by atoms with van der Waals surface area (Å²) < 4.78 is 49.8. The molecule has 0 fully saturated rings. The van der Waals surface area contributed by atoms with Crippen molar-refractivity contribution in [3.63, 3.8) is 0 Å². The van der Waals surface area contributed by atoms with Crippen LogP contribution in [-0.4, -0.2) is 15.2 Å². The van der Waals surface area contributed by atoms with Crippen LogP contribution in [0.5, 0.6) is 0 Å². The van der Waals surface area contributed by atoms with E-state index < -0.39 is 11.7 Å². The Hall–Kier alpha value is -0.640. The molecule has 0 saturated carbocycles. The van der Waals surface area contributed by atoms with Gasteiger partial charge in [-0.1, -0.05) is 9.24 Å². The van der Waals surface area contributed by atoms with E-state index in [1.54, 1.807) is 0 Å². The van der Waals surface area contributed by atoms with Crippen molar-refractivity contribution >= 4 is 9.24 Å². The third-order valence-electron chi connectivity index (χ3n) is 1.23. The van der Waals surface area contributed by atoms with Crippen molar-refractivity contribution < 1.29 is 17.6 Å². The summed E-state index contributed by atoms with van der Waals surface area (Å²) in [6.45, 7) is 0. The third-order valence-corrected chi connectivity index (χ3v) is 1.58. The number of alkyl halides is 4. The van der Waals surface area contributed by atoms with Crippen molar-refractivity contribution in [3.05, 3.63) is 18.7 Å². The topological polar surface area (TPSA) is 17.8 Å². The smallest absolute Gasteiger partial charge is 0.272 e. The Morgan fingerprint density at radius 2 is 1.83 bits per heavy atom. The zero-order valence-electron chi connectivity index (χ0n) is 5.72. The Morgan fingerprint density at radius 3 is 2.17 bits per heavy atom. The maximum absolute atomic E-state index is 12.6. The molecule has 0 bridgehead atoms. The standard InChI is InChI=1S/C5H5F4N2P/c6-4(7,5(8,9)12)11-2-1-10-3-11/h1-3H,12H2. The first-order chi connectivity index (χ1) is 5.36. The summed E-state index contributed by atoms with van der Waals surface area (Å²) in [5.74, 6) is 0. The fraction of sp³-hybridized carbons (Fsp3) is 0.400. The molecule has 0 N–H and O–H groups in total. The summed E-state index contributed by atoms with van der Waals surface area (Å²) in [5.41, 5.74) is -4.17. The Bertz CT molecular complexity index is 253. The van der Waals surface area contributed by atoms with Gasteiger partial charge in [0.05, 0.1) is 6.33 Å². The van der Waals surface area contributed by atoms with Gasteiger partial charge in [0.2, 0.25) is 0 Å². The summed E-state index contributed by atoms with van der Waals surface area (Å²) in [4.78, 5) is 3.24. The van der Waals surface area contributed by atoms with Gasteiger partial charge < -0.3 is 0 Å². The number of hydrogen-bond donors (Lipinski definition) is 0. The second-order valence-corrected chi connectivity index (χ2v) is 2.86. The van der Waals surface area contributed by atoms with E-state index in [0.29, 0.717) is 6.33 Å². The van der Waals surface area contributed by atoms with E-state index in [2.05, 4.69) is 4.98 Å². The van der Waals surface area contributed by atoms with Gasteiger partial charge in [0.1, 0.15) is 0 Å². The van der Waals surface area contributed by atoms with Crippen LogP contribution in [0.1, 0.15) is 0 Å². The van der Waals surface area contributed by atoms with Gasteiger partial charge in [-0.15, -0.1) is 0 Å². The van der Waals surface area contributed by atoms with Gasteiger partial charge in [0.15, 0.2) is 0 Å². The fourth-order valence-corrected chi connectivity index (χ4v) is 0.746. The lowest BCUT2D eigenvalue weighted by Crippen LogP contribution is -2.37. The van der Waals surface area contributed by atoms with Gasteiger partial charge >= 0.3 is 11.7 Å². The van der Waals surface area contributed by atoms with E-state index >= 15 is 0 Å². The Morgan fingerprint density at radius 1 is 1.25 bits per heavy atom. The average molecular weight is 200 g/mol. The molecule has 1 heterocycles. The molecule has 1 aromatic heterocycles. The van der Waals surface area contributed by atoms with Crippen LogP contribution in [0, 0.1) is 0 Å². The van der Waals surface area contributed by atoms with Crippen molar-refractivity contribution in [3.8, 4) is 0 Å². The number of halogens is 4. The predicted octanol–water partition coefficient (Wildman–Crippen LogP) is 1.90. The van der Waals surface area contributed by atoms with Crippen LogP contribution in [0.4, 0.5) is 17.6 Å². The lowest BCUT2D eigenvalue weighted by molar-refractivity contribution is -0.211. The van der Waals surface area contributed by atoms with Crippen molar-refractivity contribution in [2.24, 2.45) is 0 Å². The molecule has 7 heteroatoms. The van der Waals surface area contributed by atoms with Crippen LogP contribution < -0.4 is 0 Å². The van der Waals surface area contributed by atoms with Crippen LogP contribution in [0.25, 0.3) is 0 Å². The van der Waals surface area contributed by atoms with Crippen LogP contribution >= 0.6 is 9.24 Å².